The van der Waals surface area contributed by atoms with Gasteiger partial charge in [-0.3, -0.25) is 4.99 Å². The minimum absolute atomic E-state index is 0.535. The van der Waals surface area contributed by atoms with Crippen molar-refractivity contribution in [3.8, 4) is 0 Å². The van der Waals surface area contributed by atoms with Gasteiger partial charge in [-0.2, -0.15) is 0 Å². The van der Waals surface area contributed by atoms with Gasteiger partial charge in [0.1, 0.15) is 0 Å². The Morgan fingerprint density at radius 3 is 2.44 bits per heavy atom. The summed E-state index contributed by atoms with van der Waals surface area (Å²) in [6.45, 7) is 7.95. The largest absolute Gasteiger partial charge is 0.370 e. The minimum atomic E-state index is 0.535. The van der Waals surface area contributed by atoms with Crippen LogP contribution >= 0.6 is 0 Å². The van der Waals surface area contributed by atoms with E-state index in [1.165, 1.54) is 0 Å². The maximum absolute atomic E-state index is 5.98. The molecule has 3 nitrogen and oxygen atoms in total. The molecule has 0 amide bonds. The second kappa shape index (κ2) is 6.16. The molecule has 0 bridgehead atoms. The summed E-state index contributed by atoms with van der Waals surface area (Å²) in [5.74, 6) is 1.13. The Bertz CT molecular complexity index is 330. The van der Waals surface area contributed by atoms with Gasteiger partial charge in [-0.15, -0.1) is 0 Å². The van der Waals surface area contributed by atoms with E-state index in [1.54, 1.807) is 0 Å². The van der Waals surface area contributed by atoms with E-state index in [1.807, 2.05) is 35.2 Å². The molecule has 1 rings (SSSR count). The number of anilines is 1. The average Bonchev–Trinajstić information content (AvgIpc) is 2.29. The number of nitrogens with two attached hydrogens (primary N) is 1. The van der Waals surface area contributed by atoms with Gasteiger partial charge >= 0.3 is 0 Å². The molecule has 2 N–H and O–H groups in total. The lowest BCUT2D eigenvalue weighted by Gasteiger charge is -2.22. The van der Waals surface area contributed by atoms with Gasteiger partial charge in [-0.25, -0.2) is 0 Å². The van der Waals surface area contributed by atoms with Crippen LogP contribution in [0.3, 0.4) is 0 Å². The first-order chi connectivity index (χ1) is 7.65. The van der Waals surface area contributed by atoms with E-state index >= 15 is 0 Å². The predicted molar refractivity (Wildman–Crippen MR) is 70.8 cm³/mol. The van der Waals surface area contributed by atoms with E-state index in [9.17, 15) is 0 Å². The van der Waals surface area contributed by atoms with Crippen LogP contribution in [0.15, 0.2) is 35.3 Å². The number of benzene rings is 1. The summed E-state index contributed by atoms with van der Waals surface area (Å²) >= 11 is 0. The highest BCUT2D eigenvalue weighted by Gasteiger charge is 2.07. The Kier molecular flexibility index (Phi) is 4.83. The van der Waals surface area contributed by atoms with E-state index in [0.717, 1.165) is 18.8 Å². The summed E-state index contributed by atoms with van der Waals surface area (Å²) in [4.78, 5) is 6.41. The van der Waals surface area contributed by atoms with Crippen LogP contribution in [-0.2, 0) is 0 Å². The number of guanidine groups is 1. The lowest BCUT2D eigenvalue weighted by molar-refractivity contribution is 0.663. The topological polar surface area (TPSA) is 41.6 Å². The van der Waals surface area contributed by atoms with Crippen LogP contribution in [0.1, 0.15) is 20.8 Å². The standard InChI is InChI=1S/C13H21N3/c1-4-16(12-8-6-5-7-9-12)13(14)15-10-11(2)3/h5-9,11H,4,10H2,1-3H3,(H2,14,15). The van der Waals surface area contributed by atoms with Crippen molar-refractivity contribution in [2.24, 2.45) is 16.6 Å². The average molecular weight is 219 g/mol. The molecule has 0 radical (unpaired) electrons. The molecule has 1 aromatic carbocycles. The third kappa shape index (κ3) is 3.57. The monoisotopic (exact) mass is 219 g/mol. The van der Waals surface area contributed by atoms with E-state index < -0.39 is 0 Å². The second-order valence-corrected chi connectivity index (χ2v) is 4.17. The highest BCUT2D eigenvalue weighted by atomic mass is 15.2. The summed E-state index contributed by atoms with van der Waals surface area (Å²) in [6.07, 6.45) is 0. The molecular formula is C13H21N3. The number of hydrogen-bond donors (Lipinski definition) is 1. The molecule has 0 heterocycles. The summed E-state index contributed by atoms with van der Waals surface area (Å²) in [5, 5.41) is 0. The van der Waals surface area contributed by atoms with Crippen molar-refractivity contribution < 1.29 is 0 Å². The van der Waals surface area contributed by atoms with Crippen molar-refractivity contribution in [1.82, 2.24) is 0 Å². The zero-order valence-corrected chi connectivity index (χ0v) is 10.4. The van der Waals surface area contributed by atoms with Crippen LogP contribution in [-0.4, -0.2) is 19.0 Å². The molecule has 0 aromatic heterocycles. The van der Waals surface area contributed by atoms with Gasteiger partial charge < -0.3 is 10.6 Å². The smallest absolute Gasteiger partial charge is 0.195 e. The molecule has 0 spiro atoms. The molecule has 0 saturated carbocycles. The first-order valence-corrected chi connectivity index (χ1v) is 5.77. The fourth-order valence-electron chi connectivity index (χ4n) is 1.45. The molecule has 0 fully saturated rings. The lowest BCUT2D eigenvalue weighted by atomic mass is 10.2. The molecule has 88 valence electrons. The predicted octanol–water partition coefficient (Wildman–Crippen LogP) is 2.48. The lowest BCUT2D eigenvalue weighted by Crippen LogP contribution is -2.37. The number of rotatable bonds is 4. The summed E-state index contributed by atoms with van der Waals surface area (Å²) in [7, 11) is 0. The van der Waals surface area contributed by atoms with Gasteiger partial charge in [-0.05, 0) is 25.0 Å². The molecule has 0 aliphatic rings. The number of aliphatic imine (C=N–C) groups is 1. The molecule has 0 unspecified atom stereocenters. The van der Waals surface area contributed by atoms with Gasteiger partial charge in [0.25, 0.3) is 0 Å². The van der Waals surface area contributed by atoms with Crippen molar-refractivity contribution in [2.75, 3.05) is 18.0 Å². The van der Waals surface area contributed by atoms with Crippen LogP contribution in [0, 0.1) is 5.92 Å². The van der Waals surface area contributed by atoms with Crippen LogP contribution in [0.2, 0.25) is 0 Å². The molecule has 0 aliphatic carbocycles. The summed E-state index contributed by atoms with van der Waals surface area (Å²) < 4.78 is 0. The van der Waals surface area contributed by atoms with E-state index in [-0.39, 0.29) is 0 Å². The zero-order valence-electron chi connectivity index (χ0n) is 10.4. The number of hydrogen-bond acceptors (Lipinski definition) is 1. The van der Waals surface area contributed by atoms with Gasteiger partial charge in [0.2, 0.25) is 0 Å². The normalized spacial score (nSPS) is 11.9. The summed E-state index contributed by atoms with van der Waals surface area (Å²) in [6, 6.07) is 10.1. The van der Waals surface area contributed by atoms with Crippen LogP contribution < -0.4 is 10.6 Å². The van der Waals surface area contributed by atoms with Crippen molar-refractivity contribution in [2.45, 2.75) is 20.8 Å². The summed E-state index contributed by atoms with van der Waals surface area (Å²) in [5.41, 5.74) is 7.08. The van der Waals surface area contributed by atoms with Crippen molar-refractivity contribution >= 4 is 11.6 Å². The SMILES string of the molecule is CCN(C(N)=NCC(C)C)c1ccccc1. The maximum atomic E-state index is 5.98. The quantitative estimate of drug-likeness (QED) is 0.624. The van der Waals surface area contributed by atoms with Gasteiger partial charge in [0, 0.05) is 18.8 Å². The highest BCUT2D eigenvalue weighted by molar-refractivity contribution is 5.94. The van der Waals surface area contributed by atoms with E-state index in [4.69, 9.17) is 5.73 Å². The Labute approximate surface area is 98.0 Å². The third-order valence-electron chi connectivity index (χ3n) is 2.28. The van der Waals surface area contributed by atoms with Gasteiger partial charge in [0.15, 0.2) is 5.96 Å². The molecule has 0 aliphatic heterocycles. The molecule has 0 atom stereocenters. The van der Waals surface area contributed by atoms with Crippen LogP contribution in [0.4, 0.5) is 5.69 Å². The van der Waals surface area contributed by atoms with Gasteiger partial charge in [-0.1, -0.05) is 32.0 Å². The second-order valence-electron chi connectivity index (χ2n) is 4.17. The van der Waals surface area contributed by atoms with Crippen molar-refractivity contribution in [1.29, 1.82) is 0 Å². The van der Waals surface area contributed by atoms with Gasteiger partial charge in [0.05, 0.1) is 0 Å². The molecule has 1 aromatic rings. The number of para-hydroxylation sites is 1. The zero-order chi connectivity index (χ0) is 12.0. The fourth-order valence-corrected chi connectivity index (χ4v) is 1.45. The van der Waals surface area contributed by atoms with E-state index in [0.29, 0.717) is 11.9 Å². The minimum Gasteiger partial charge on any atom is -0.370 e. The third-order valence-corrected chi connectivity index (χ3v) is 2.28. The van der Waals surface area contributed by atoms with Crippen LogP contribution in [0.25, 0.3) is 0 Å². The molecule has 0 saturated heterocycles. The van der Waals surface area contributed by atoms with Crippen LogP contribution in [0.5, 0.6) is 0 Å². The Balaban J connectivity index is 2.78. The van der Waals surface area contributed by atoms with E-state index in [2.05, 4.69) is 25.8 Å². The highest BCUT2D eigenvalue weighted by Crippen LogP contribution is 2.12. The Morgan fingerprint density at radius 1 is 1.31 bits per heavy atom. The first-order valence-electron chi connectivity index (χ1n) is 5.77. The Hall–Kier alpha value is -1.51. The molecule has 3 heteroatoms. The first kappa shape index (κ1) is 12.6. The maximum Gasteiger partial charge on any atom is 0.195 e. The Morgan fingerprint density at radius 2 is 1.94 bits per heavy atom. The fraction of sp³-hybridized carbons (Fsp3) is 0.462. The molecule has 16 heavy (non-hydrogen) atoms. The number of nitrogens with zero attached hydrogens (tertiary/aromatic N) is 2. The molecular weight excluding hydrogens is 198 g/mol. The van der Waals surface area contributed by atoms with Crippen molar-refractivity contribution in [3.05, 3.63) is 30.3 Å². The van der Waals surface area contributed by atoms with Crippen molar-refractivity contribution in [3.63, 3.8) is 0 Å².